The van der Waals surface area contributed by atoms with Gasteiger partial charge in [-0.2, -0.15) is 0 Å². The lowest BCUT2D eigenvalue weighted by atomic mass is 10.1. The second-order valence-corrected chi connectivity index (χ2v) is 7.78. The van der Waals surface area contributed by atoms with Gasteiger partial charge in [0.25, 0.3) is 0 Å². The van der Waals surface area contributed by atoms with Gasteiger partial charge in [-0.3, -0.25) is 4.79 Å². The number of hydrogen-bond donors (Lipinski definition) is 3. The Morgan fingerprint density at radius 1 is 1.42 bits per heavy atom. The Labute approximate surface area is 177 Å². The van der Waals surface area contributed by atoms with E-state index in [4.69, 9.17) is 15.1 Å². The van der Waals surface area contributed by atoms with Gasteiger partial charge in [0, 0.05) is 19.0 Å². The van der Waals surface area contributed by atoms with Crippen molar-refractivity contribution in [3.05, 3.63) is 11.8 Å². The Balaban J connectivity index is 1.81. The predicted octanol–water partition coefficient (Wildman–Crippen LogP) is 0.863. The lowest BCUT2D eigenvalue weighted by molar-refractivity contribution is -0.119. The molecule has 4 rings (SSSR count). The van der Waals surface area contributed by atoms with Crippen LogP contribution >= 0.6 is 0 Å². The lowest BCUT2D eigenvalue weighted by Crippen LogP contribution is -2.31. The number of imidazole rings is 1. The first-order valence-corrected chi connectivity index (χ1v) is 9.92. The van der Waals surface area contributed by atoms with E-state index in [0.29, 0.717) is 53.5 Å². The van der Waals surface area contributed by atoms with Crippen molar-refractivity contribution in [2.45, 2.75) is 51.8 Å². The molecule has 11 heteroatoms. The number of carbonyl (C=O) groups excluding carboxylic acids is 1. The Morgan fingerprint density at radius 3 is 2.84 bits per heavy atom. The number of nitrogen functional groups attached to an aromatic ring is 1. The number of rotatable bonds is 5. The van der Waals surface area contributed by atoms with Gasteiger partial charge in [-0.25, -0.2) is 14.6 Å². The third kappa shape index (κ3) is 4.29. The Kier molecular flexibility index (Phi) is 5.24. The minimum absolute atomic E-state index is 0.0151. The highest BCUT2D eigenvalue weighted by Crippen LogP contribution is 2.30. The van der Waals surface area contributed by atoms with Gasteiger partial charge >= 0.3 is 0 Å². The van der Waals surface area contributed by atoms with Crippen LogP contribution in [0.3, 0.4) is 0 Å². The lowest BCUT2D eigenvalue weighted by Gasteiger charge is -2.12. The van der Waals surface area contributed by atoms with Gasteiger partial charge in [0.1, 0.15) is 23.4 Å². The summed E-state index contributed by atoms with van der Waals surface area (Å²) < 4.78 is 12.5. The second-order valence-electron chi connectivity index (χ2n) is 7.78. The van der Waals surface area contributed by atoms with E-state index in [-0.39, 0.29) is 24.4 Å². The van der Waals surface area contributed by atoms with Crippen LogP contribution in [0.1, 0.15) is 39.3 Å². The number of aryl methyl sites for hydroxylation is 1. The molecule has 1 saturated heterocycles. The van der Waals surface area contributed by atoms with Crippen molar-refractivity contribution in [2.24, 2.45) is 0 Å². The van der Waals surface area contributed by atoms with E-state index in [9.17, 15) is 9.90 Å². The van der Waals surface area contributed by atoms with E-state index >= 15 is 0 Å². The zero-order valence-electron chi connectivity index (χ0n) is 17.5. The fourth-order valence-electron chi connectivity index (χ4n) is 3.31. The molecule has 1 atom stereocenters. The third-order valence-corrected chi connectivity index (χ3v) is 4.76. The van der Waals surface area contributed by atoms with Crippen molar-refractivity contribution in [3.8, 4) is 29.2 Å². The monoisotopic (exact) mass is 425 g/mol. The first-order chi connectivity index (χ1) is 14.7. The van der Waals surface area contributed by atoms with Crippen molar-refractivity contribution in [3.63, 3.8) is 0 Å². The molecule has 3 aromatic rings. The quantitative estimate of drug-likeness (QED) is 0.505. The summed E-state index contributed by atoms with van der Waals surface area (Å²) in [5, 5.41) is 20.4. The zero-order chi connectivity index (χ0) is 22.2. The number of ether oxygens (including phenoxy) is 1. The molecule has 0 aliphatic carbocycles. The van der Waals surface area contributed by atoms with E-state index in [1.165, 1.54) is 0 Å². The van der Waals surface area contributed by atoms with Crippen LogP contribution in [0.5, 0.6) is 5.88 Å². The fraction of sp³-hybridized carbons (Fsp3) is 0.450. The van der Waals surface area contributed by atoms with Crippen LogP contribution in [0.4, 0.5) is 5.82 Å². The molecule has 0 radical (unpaired) electrons. The average Bonchev–Trinajstić information content (AvgIpc) is 3.41. The molecule has 0 spiro atoms. The van der Waals surface area contributed by atoms with Gasteiger partial charge in [0.2, 0.25) is 11.8 Å². The van der Waals surface area contributed by atoms with Crippen molar-refractivity contribution in [1.82, 2.24) is 30.2 Å². The molecule has 1 fully saturated rings. The molecular weight excluding hydrogens is 402 g/mol. The maximum absolute atomic E-state index is 11.4. The van der Waals surface area contributed by atoms with Gasteiger partial charge in [-0.05, 0) is 43.4 Å². The minimum atomic E-state index is -1.21. The zero-order valence-corrected chi connectivity index (χ0v) is 17.5. The van der Waals surface area contributed by atoms with Gasteiger partial charge in [0.15, 0.2) is 17.3 Å². The van der Waals surface area contributed by atoms with E-state index in [2.05, 4.69) is 37.4 Å². The van der Waals surface area contributed by atoms with Crippen molar-refractivity contribution in [2.75, 3.05) is 12.3 Å². The molecule has 4 heterocycles. The molecule has 1 aliphatic rings. The second kappa shape index (κ2) is 7.88. The predicted molar refractivity (Wildman–Crippen MR) is 111 cm³/mol. The fourth-order valence-corrected chi connectivity index (χ4v) is 3.31. The van der Waals surface area contributed by atoms with Gasteiger partial charge in [0.05, 0.1) is 11.6 Å². The Bertz CT molecular complexity index is 1200. The van der Waals surface area contributed by atoms with Crippen molar-refractivity contribution in [1.29, 1.82) is 0 Å². The number of nitrogens with two attached hydrogens (primary N) is 1. The topological polar surface area (TPSA) is 154 Å². The summed E-state index contributed by atoms with van der Waals surface area (Å²) in [6, 6.07) is 1.69. The normalized spacial score (nSPS) is 16.3. The Hall–Kier alpha value is -3.65. The SMILES string of the molecule is CCn1c(-c2nonc2N)nc2c(C#CC(C)(C)O)nc(OC[C@H]3CCC(=O)N3)cc21. The average molecular weight is 425 g/mol. The largest absolute Gasteiger partial charge is 0.475 e. The summed E-state index contributed by atoms with van der Waals surface area (Å²) in [6.45, 7) is 5.95. The van der Waals surface area contributed by atoms with E-state index < -0.39 is 5.60 Å². The first kappa shape index (κ1) is 20.6. The van der Waals surface area contributed by atoms with Crippen LogP contribution in [0.15, 0.2) is 10.7 Å². The number of aromatic nitrogens is 5. The van der Waals surface area contributed by atoms with Crippen LogP contribution in [-0.2, 0) is 11.3 Å². The van der Waals surface area contributed by atoms with Crippen LogP contribution in [0.2, 0.25) is 0 Å². The maximum atomic E-state index is 11.4. The summed E-state index contributed by atoms with van der Waals surface area (Å²) in [5.74, 6) is 6.60. The molecule has 11 nitrogen and oxygen atoms in total. The molecule has 0 bridgehead atoms. The van der Waals surface area contributed by atoms with E-state index in [1.54, 1.807) is 19.9 Å². The van der Waals surface area contributed by atoms with Crippen LogP contribution in [0.25, 0.3) is 22.6 Å². The Morgan fingerprint density at radius 2 is 2.23 bits per heavy atom. The van der Waals surface area contributed by atoms with E-state index in [1.807, 2.05) is 11.5 Å². The number of hydrogen-bond acceptors (Lipinski definition) is 9. The van der Waals surface area contributed by atoms with Crippen LogP contribution < -0.4 is 15.8 Å². The van der Waals surface area contributed by atoms with Crippen LogP contribution in [-0.4, -0.2) is 54.1 Å². The molecule has 0 saturated carbocycles. The smallest absolute Gasteiger partial charge is 0.220 e. The molecule has 162 valence electrons. The summed E-state index contributed by atoms with van der Waals surface area (Å²) in [7, 11) is 0. The molecule has 3 aromatic heterocycles. The maximum Gasteiger partial charge on any atom is 0.220 e. The number of anilines is 1. The highest BCUT2D eigenvalue weighted by atomic mass is 16.6. The molecule has 1 amide bonds. The highest BCUT2D eigenvalue weighted by Gasteiger charge is 2.24. The van der Waals surface area contributed by atoms with Gasteiger partial charge < -0.3 is 25.5 Å². The molecule has 4 N–H and O–H groups in total. The number of pyridine rings is 1. The molecule has 1 aliphatic heterocycles. The molecule has 31 heavy (non-hydrogen) atoms. The molecule has 0 aromatic carbocycles. The standard InChI is InChI=1S/C20H23N7O4/c1-4-27-13-9-15(30-10-11-5-6-14(28)22-11)23-12(7-8-20(2,3)29)16(13)24-19(27)17-18(21)26-31-25-17/h9,11,29H,4-6,10H2,1-3H3,(H2,21,26)(H,22,28)/t11-/m1/s1. The summed E-state index contributed by atoms with van der Waals surface area (Å²) in [4.78, 5) is 20.6. The number of nitrogens with zero attached hydrogens (tertiary/aromatic N) is 5. The van der Waals surface area contributed by atoms with Crippen molar-refractivity contribution < 1.29 is 19.3 Å². The number of nitrogens with one attached hydrogen (secondary N) is 1. The van der Waals surface area contributed by atoms with Gasteiger partial charge in [-0.15, -0.1) is 0 Å². The summed E-state index contributed by atoms with van der Waals surface area (Å²) in [5.41, 5.74) is 6.54. The number of carbonyl (C=O) groups is 1. The molecule has 0 unspecified atom stereocenters. The third-order valence-electron chi connectivity index (χ3n) is 4.76. The van der Waals surface area contributed by atoms with Crippen molar-refractivity contribution >= 4 is 22.8 Å². The van der Waals surface area contributed by atoms with E-state index in [0.717, 1.165) is 0 Å². The number of fused-ring (bicyclic) bond motifs is 1. The first-order valence-electron chi connectivity index (χ1n) is 9.92. The minimum Gasteiger partial charge on any atom is -0.475 e. The number of aliphatic hydroxyl groups is 1. The number of amides is 1. The molecular formula is C20H23N7O4. The summed E-state index contributed by atoms with van der Waals surface area (Å²) >= 11 is 0. The van der Waals surface area contributed by atoms with Crippen LogP contribution in [0, 0.1) is 11.8 Å². The summed E-state index contributed by atoms with van der Waals surface area (Å²) in [6.07, 6.45) is 1.20. The van der Waals surface area contributed by atoms with Gasteiger partial charge in [-0.1, -0.05) is 5.92 Å². The highest BCUT2D eigenvalue weighted by molar-refractivity contribution is 5.86.